The van der Waals surface area contributed by atoms with Crippen LogP contribution in [0.3, 0.4) is 0 Å². The standard InChI is InChI=1S/C14H26N2O5/c15-11(14(20)21)7-5-6-10-16-12(17)8-3-1-2-4-9-13(18)19/h11H,1-10,15H2,(H,16,17)(H,18,19)(H,20,21)/t11-/m0/s1. The normalized spacial score (nSPS) is 11.9. The molecule has 0 fully saturated rings. The Morgan fingerprint density at radius 1 is 0.905 bits per heavy atom. The summed E-state index contributed by atoms with van der Waals surface area (Å²) in [6, 6.07) is -0.827. The Labute approximate surface area is 124 Å². The molecule has 0 aliphatic rings. The van der Waals surface area contributed by atoms with Gasteiger partial charge in [-0.05, 0) is 32.1 Å². The van der Waals surface area contributed by atoms with E-state index in [9.17, 15) is 14.4 Å². The van der Waals surface area contributed by atoms with Gasteiger partial charge in [-0.2, -0.15) is 0 Å². The Balaban J connectivity index is 3.35. The Morgan fingerprint density at radius 3 is 2.10 bits per heavy atom. The van der Waals surface area contributed by atoms with Gasteiger partial charge in [-0.3, -0.25) is 14.4 Å². The first-order chi connectivity index (χ1) is 9.93. The van der Waals surface area contributed by atoms with Crippen LogP contribution >= 0.6 is 0 Å². The summed E-state index contributed by atoms with van der Waals surface area (Å²) in [6.07, 6.45) is 5.52. The molecule has 0 aliphatic carbocycles. The third-order valence-electron chi connectivity index (χ3n) is 3.13. The molecule has 0 radical (unpaired) electrons. The van der Waals surface area contributed by atoms with Gasteiger partial charge >= 0.3 is 11.9 Å². The number of rotatable bonds is 13. The number of amides is 1. The first kappa shape index (κ1) is 19.4. The Morgan fingerprint density at radius 2 is 1.52 bits per heavy atom. The van der Waals surface area contributed by atoms with Crippen LogP contribution < -0.4 is 11.1 Å². The number of hydrogen-bond acceptors (Lipinski definition) is 4. The molecule has 0 saturated heterocycles. The van der Waals surface area contributed by atoms with Gasteiger partial charge in [0, 0.05) is 19.4 Å². The highest BCUT2D eigenvalue weighted by Crippen LogP contribution is 2.05. The molecule has 1 amide bonds. The first-order valence-electron chi connectivity index (χ1n) is 7.40. The highest BCUT2D eigenvalue weighted by Gasteiger charge is 2.10. The van der Waals surface area contributed by atoms with E-state index in [0.29, 0.717) is 38.6 Å². The highest BCUT2D eigenvalue weighted by atomic mass is 16.4. The van der Waals surface area contributed by atoms with Crippen LogP contribution in [0.25, 0.3) is 0 Å². The van der Waals surface area contributed by atoms with Gasteiger partial charge in [0.15, 0.2) is 0 Å². The Hall–Kier alpha value is -1.63. The van der Waals surface area contributed by atoms with Crippen LogP contribution in [0.2, 0.25) is 0 Å². The van der Waals surface area contributed by atoms with Crippen LogP contribution in [0, 0.1) is 0 Å². The second-order valence-corrected chi connectivity index (χ2v) is 5.10. The Kier molecular flexibility index (Phi) is 11.2. The first-order valence-corrected chi connectivity index (χ1v) is 7.40. The van der Waals surface area contributed by atoms with E-state index in [4.69, 9.17) is 15.9 Å². The predicted molar refractivity (Wildman–Crippen MR) is 77.8 cm³/mol. The number of nitrogens with two attached hydrogens (primary N) is 1. The number of carbonyl (C=O) groups is 3. The molecule has 0 unspecified atom stereocenters. The van der Waals surface area contributed by atoms with Crippen molar-refractivity contribution in [1.82, 2.24) is 5.32 Å². The zero-order valence-corrected chi connectivity index (χ0v) is 12.3. The van der Waals surface area contributed by atoms with Crippen molar-refractivity contribution in [3.63, 3.8) is 0 Å². The lowest BCUT2D eigenvalue weighted by atomic mass is 10.1. The van der Waals surface area contributed by atoms with E-state index in [1.54, 1.807) is 0 Å². The van der Waals surface area contributed by atoms with Crippen molar-refractivity contribution in [2.24, 2.45) is 5.73 Å². The number of unbranched alkanes of at least 4 members (excludes halogenated alkanes) is 4. The maximum absolute atomic E-state index is 11.5. The van der Waals surface area contributed by atoms with Gasteiger partial charge in [-0.1, -0.05) is 12.8 Å². The summed E-state index contributed by atoms with van der Waals surface area (Å²) >= 11 is 0. The topological polar surface area (TPSA) is 130 Å². The van der Waals surface area contributed by atoms with Crippen molar-refractivity contribution in [1.29, 1.82) is 0 Å². The van der Waals surface area contributed by atoms with Crippen molar-refractivity contribution in [3.05, 3.63) is 0 Å². The fourth-order valence-corrected chi connectivity index (χ4v) is 1.84. The number of hydrogen-bond donors (Lipinski definition) is 4. The smallest absolute Gasteiger partial charge is 0.320 e. The average Bonchev–Trinajstić information content (AvgIpc) is 2.41. The lowest BCUT2D eigenvalue weighted by Crippen LogP contribution is -2.30. The van der Waals surface area contributed by atoms with Crippen molar-refractivity contribution >= 4 is 17.8 Å². The minimum absolute atomic E-state index is 0.0178. The van der Waals surface area contributed by atoms with E-state index in [1.165, 1.54) is 0 Å². The summed E-state index contributed by atoms with van der Waals surface area (Å²) in [7, 11) is 0. The maximum atomic E-state index is 11.5. The number of carboxylic acid groups (broad SMARTS) is 2. The summed E-state index contributed by atoms with van der Waals surface area (Å²) in [4.78, 5) is 32.2. The number of nitrogens with one attached hydrogen (secondary N) is 1. The van der Waals surface area contributed by atoms with Crippen molar-refractivity contribution in [3.8, 4) is 0 Å². The molecule has 0 aliphatic heterocycles. The summed E-state index contributed by atoms with van der Waals surface area (Å²) in [5.74, 6) is -1.80. The third kappa shape index (κ3) is 13.1. The largest absolute Gasteiger partial charge is 0.481 e. The molecule has 0 spiro atoms. The maximum Gasteiger partial charge on any atom is 0.320 e. The van der Waals surface area contributed by atoms with Gasteiger partial charge in [0.1, 0.15) is 6.04 Å². The second-order valence-electron chi connectivity index (χ2n) is 5.10. The molecule has 0 saturated carbocycles. The average molecular weight is 302 g/mol. The van der Waals surface area contributed by atoms with Crippen molar-refractivity contribution < 1.29 is 24.6 Å². The van der Waals surface area contributed by atoms with Crippen LogP contribution in [0.15, 0.2) is 0 Å². The van der Waals surface area contributed by atoms with E-state index in [1.807, 2.05) is 0 Å². The zero-order valence-electron chi connectivity index (χ0n) is 12.3. The highest BCUT2D eigenvalue weighted by molar-refractivity contribution is 5.75. The van der Waals surface area contributed by atoms with Gasteiger partial charge in [0.2, 0.25) is 5.91 Å². The SMILES string of the molecule is N[C@@H](CCCCNC(=O)CCCCCCC(=O)O)C(=O)O. The van der Waals surface area contributed by atoms with Gasteiger partial charge in [0.25, 0.3) is 0 Å². The van der Waals surface area contributed by atoms with Crippen LogP contribution in [0.4, 0.5) is 0 Å². The number of aliphatic carboxylic acids is 2. The van der Waals surface area contributed by atoms with E-state index < -0.39 is 18.0 Å². The van der Waals surface area contributed by atoms with E-state index in [-0.39, 0.29) is 12.3 Å². The molecule has 21 heavy (non-hydrogen) atoms. The predicted octanol–water partition coefficient (Wildman–Crippen LogP) is 1.11. The fraction of sp³-hybridized carbons (Fsp3) is 0.786. The molecule has 7 nitrogen and oxygen atoms in total. The summed E-state index contributed by atoms with van der Waals surface area (Å²) in [6.45, 7) is 0.532. The van der Waals surface area contributed by atoms with Crippen LogP contribution in [-0.2, 0) is 14.4 Å². The third-order valence-corrected chi connectivity index (χ3v) is 3.13. The monoisotopic (exact) mass is 302 g/mol. The minimum Gasteiger partial charge on any atom is -0.481 e. The van der Waals surface area contributed by atoms with Gasteiger partial charge in [-0.25, -0.2) is 0 Å². The molecular formula is C14H26N2O5. The summed E-state index contributed by atoms with van der Waals surface area (Å²) in [5, 5.41) is 19.8. The number of carboxylic acids is 2. The van der Waals surface area contributed by atoms with E-state index >= 15 is 0 Å². The van der Waals surface area contributed by atoms with Gasteiger partial charge in [0.05, 0.1) is 0 Å². The lowest BCUT2D eigenvalue weighted by molar-refractivity contribution is -0.139. The van der Waals surface area contributed by atoms with Crippen molar-refractivity contribution in [2.75, 3.05) is 6.54 Å². The van der Waals surface area contributed by atoms with Crippen LogP contribution in [-0.4, -0.2) is 40.6 Å². The molecule has 0 bridgehead atoms. The summed E-state index contributed by atoms with van der Waals surface area (Å²) < 4.78 is 0. The lowest BCUT2D eigenvalue weighted by Gasteiger charge is -2.07. The molecule has 122 valence electrons. The Bertz CT molecular complexity index is 333. The van der Waals surface area contributed by atoms with Crippen LogP contribution in [0.5, 0.6) is 0 Å². The van der Waals surface area contributed by atoms with Gasteiger partial charge in [-0.15, -0.1) is 0 Å². The fourth-order valence-electron chi connectivity index (χ4n) is 1.84. The molecular weight excluding hydrogens is 276 g/mol. The molecule has 7 heteroatoms. The second kappa shape index (κ2) is 12.1. The molecule has 5 N–H and O–H groups in total. The molecule has 0 heterocycles. The molecule has 0 aromatic carbocycles. The van der Waals surface area contributed by atoms with Crippen LogP contribution in [0.1, 0.15) is 57.8 Å². The molecule has 0 aromatic heterocycles. The van der Waals surface area contributed by atoms with Gasteiger partial charge < -0.3 is 21.3 Å². The molecule has 0 aromatic rings. The van der Waals surface area contributed by atoms with E-state index in [2.05, 4.69) is 5.32 Å². The number of carbonyl (C=O) groups excluding carboxylic acids is 1. The quantitative estimate of drug-likeness (QED) is 0.377. The summed E-state index contributed by atoms with van der Waals surface area (Å²) in [5.41, 5.74) is 5.36. The molecule has 0 rings (SSSR count). The van der Waals surface area contributed by atoms with Crippen molar-refractivity contribution in [2.45, 2.75) is 63.8 Å². The molecule has 1 atom stereocenters. The minimum atomic E-state index is -0.998. The van der Waals surface area contributed by atoms with E-state index in [0.717, 1.165) is 19.3 Å². The zero-order chi connectivity index (χ0) is 16.1.